The van der Waals surface area contributed by atoms with Crippen LogP contribution in [0.3, 0.4) is 0 Å². The van der Waals surface area contributed by atoms with Gasteiger partial charge in [0.2, 0.25) is 0 Å². The molecule has 3 aliphatic carbocycles. The van der Waals surface area contributed by atoms with Gasteiger partial charge in [-0.1, -0.05) is 26.3 Å². The Labute approximate surface area is 262 Å². The van der Waals surface area contributed by atoms with Crippen LogP contribution in [-0.4, -0.2) is 70.3 Å². The van der Waals surface area contributed by atoms with E-state index in [9.17, 15) is 29.4 Å². The lowest BCUT2D eigenvalue weighted by atomic mass is 9.47. The second-order valence-electron chi connectivity index (χ2n) is 13.9. The number of aliphatic hydroxyl groups is 1. The standard InChI is InChI=1S/C33H43NO11/c1-17(2)16-41-29(38)21(34-28(37)18(3)42-30(39)45-31(4,5)6)15-24(36)43-23-11-13-33(40)20-8-7-12-32(33)25-19(14-20)9-10-22(35)26(25)44-27(23)32/h9-11,17-18,20-21,27,35,40H,7-8,12-16H2,1-6H3,(H,34,37)/t18-,20+,21-,27-,32-,33+/m0/s1. The van der Waals surface area contributed by atoms with Crippen LogP contribution in [-0.2, 0) is 45.2 Å². The molecule has 45 heavy (non-hydrogen) atoms. The topological polar surface area (TPSA) is 167 Å². The minimum absolute atomic E-state index is 0.00524. The van der Waals surface area contributed by atoms with Gasteiger partial charge in [-0.05, 0) is 82.9 Å². The monoisotopic (exact) mass is 629 g/mol. The first-order valence-corrected chi connectivity index (χ1v) is 15.6. The van der Waals surface area contributed by atoms with Gasteiger partial charge in [-0.3, -0.25) is 9.59 Å². The average Bonchev–Trinajstić information content (AvgIpc) is 3.28. The van der Waals surface area contributed by atoms with Crippen LogP contribution in [0.5, 0.6) is 11.5 Å². The van der Waals surface area contributed by atoms with E-state index in [1.807, 2.05) is 19.9 Å². The summed E-state index contributed by atoms with van der Waals surface area (Å²) in [7, 11) is 0. The zero-order valence-electron chi connectivity index (χ0n) is 26.6. The largest absolute Gasteiger partial charge is 0.509 e. The Morgan fingerprint density at radius 3 is 2.58 bits per heavy atom. The second-order valence-corrected chi connectivity index (χ2v) is 13.9. The maximum Gasteiger partial charge on any atom is 0.509 e. The van der Waals surface area contributed by atoms with E-state index in [1.165, 1.54) is 6.92 Å². The van der Waals surface area contributed by atoms with E-state index in [0.717, 1.165) is 24.0 Å². The molecule has 1 aliphatic heterocycles. The summed E-state index contributed by atoms with van der Waals surface area (Å²) >= 11 is 0. The number of carbonyl (C=O) groups is 4. The van der Waals surface area contributed by atoms with Crippen LogP contribution in [0.25, 0.3) is 0 Å². The molecule has 1 aromatic rings. The van der Waals surface area contributed by atoms with Crippen molar-refractivity contribution in [3.8, 4) is 11.5 Å². The van der Waals surface area contributed by atoms with Gasteiger partial charge in [-0.15, -0.1) is 0 Å². The van der Waals surface area contributed by atoms with Crippen LogP contribution in [0.4, 0.5) is 4.79 Å². The predicted octanol–water partition coefficient (Wildman–Crippen LogP) is 3.72. The maximum atomic E-state index is 13.4. The van der Waals surface area contributed by atoms with Crippen molar-refractivity contribution < 1.29 is 53.1 Å². The average molecular weight is 630 g/mol. The van der Waals surface area contributed by atoms with Crippen molar-refractivity contribution in [2.24, 2.45) is 11.8 Å². The van der Waals surface area contributed by atoms with E-state index in [4.69, 9.17) is 23.7 Å². The van der Waals surface area contributed by atoms with Gasteiger partial charge in [0.15, 0.2) is 23.7 Å². The van der Waals surface area contributed by atoms with E-state index < -0.39 is 65.3 Å². The molecular formula is C33H43NO11. The second kappa shape index (κ2) is 11.9. The summed E-state index contributed by atoms with van der Waals surface area (Å²) in [5.74, 6) is -2.14. The van der Waals surface area contributed by atoms with E-state index in [0.29, 0.717) is 18.6 Å². The summed E-state index contributed by atoms with van der Waals surface area (Å²) in [6, 6.07) is 2.01. The molecule has 1 aromatic carbocycles. The third-order valence-corrected chi connectivity index (χ3v) is 9.06. The van der Waals surface area contributed by atoms with E-state index >= 15 is 0 Å². The van der Waals surface area contributed by atoms with Crippen LogP contribution in [0.2, 0.25) is 0 Å². The Bertz CT molecular complexity index is 1410. The zero-order valence-corrected chi connectivity index (χ0v) is 26.6. The van der Waals surface area contributed by atoms with Crippen molar-refractivity contribution in [2.75, 3.05) is 6.61 Å². The fourth-order valence-electron chi connectivity index (χ4n) is 7.17. The van der Waals surface area contributed by atoms with Crippen molar-refractivity contribution in [1.82, 2.24) is 5.32 Å². The summed E-state index contributed by atoms with van der Waals surface area (Å²) in [5, 5.41) is 25.3. The van der Waals surface area contributed by atoms with E-state index in [1.54, 1.807) is 32.9 Å². The van der Waals surface area contributed by atoms with Crippen LogP contribution in [0.15, 0.2) is 24.0 Å². The Morgan fingerprint density at radius 2 is 1.89 bits per heavy atom. The highest BCUT2D eigenvalue weighted by atomic mass is 16.7. The van der Waals surface area contributed by atoms with Gasteiger partial charge in [-0.2, -0.15) is 0 Å². The van der Waals surface area contributed by atoms with Gasteiger partial charge in [0.25, 0.3) is 5.91 Å². The molecule has 2 bridgehead atoms. The number of hydrogen-bond acceptors (Lipinski definition) is 11. The summed E-state index contributed by atoms with van der Waals surface area (Å²) < 4.78 is 27.6. The van der Waals surface area contributed by atoms with Gasteiger partial charge in [0.05, 0.1) is 24.0 Å². The Kier molecular flexibility index (Phi) is 8.58. The van der Waals surface area contributed by atoms with Crippen molar-refractivity contribution in [3.05, 3.63) is 35.1 Å². The molecular weight excluding hydrogens is 586 g/mol. The molecule has 1 spiro atoms. The molecule has 1 amide bonds. The fraction of sp³-hybridized carbons (Fsp3) is 0.636. The molecule has 246 valence electrons. The molecule has 0 saturated heterocycles. The summed E-state index contributed by atoms with van der Waals surface area (Å²) in [4.78, 5) is 51.4. The number of amides is 1. The Balaban J connectivity index is 1.33. The first-order valence-electron chi connectivity index (χ1n) is 15.6. The first kappa shape index (κ1) is 32.6. The molecule has 5 rings (SSSR count). The van der Waals surface area contributed by atoms with Crippen LogP contribution >= 0.6 is 0 Å². The van der Waals surface area contributed by atoms with Gasteiger partial charge in [0, 0.05) is 5.56 Å². The molecule has 6 atom stereocenters. The number of phenols is 1. The number of aromatic hydroxyl groups is 1. The zero-order chi connectivity index (χ0) is 32.9. The van der Waals surface area contributed by atoms with Gasteiger partial charge >= 0.3 is 18.1 Å². The summed E-state index contributed by atoms with van der Waals surface area (Å²) in [6.45, 7) is 9.97. The molecule has 1 fully saturated rings. The minimum atomic E-state index is -1.45. The molecule has 0 radical (unpaired) electrons. The molecule has 3 N–H and O–H groups in total. The predicted molar refractivity (Wildman–Crippen MR) is 158 cm³/mol. The van der Waals surface area contributed by atoms with Gasteiger partial charge in [-0.25, -0.2) is 9.59 Å². The minimum Gasteiger partial charge on any atom is -0.504 e. The number of esters is 2. The number of hydrogen-bond donors (Lipinski definition) is 3. The highest BCUT2D eigenvalue weighted by Gasteiger charge is 2.70. The molecule has 12 nitrogen and oxygen atoms in total. The fourth-order valence-corrected chi connectivity index (χ4v) is 7.17. The SMILES string of the molecule is CC(C)COC(=O)[C@H](CC(=O)OC1=CC[C@@]2(O)[C@@H]3CCC[C@@]24c2c(ccc(O)c2O[C@@H]14)C3)NC(=O)[C@H](C)OC(=O)OC(C)(C)C. The smallest absolute Gasteiger partial charge is 0.504 e. The van der Waals surface area contributed by atoms with Crippen molar-refractivity contribution in [1.29, 1.82) is 0 Å². The van der Waals surface area contributed by atoms with Crippen LogP contribution < -0.4 is 10.1 Å². The number of ether oxygens (including phenoxy) is 5. The number of rotatable bonds is 9. The van der Waals surface area contributed by atoms with Crippen molar-refractivity contribution in [3.63, 3.8) is 0 Å². The van der Waals surface area contributed by atoms with Crippen LogP contribution in [0, 0.1) is 11.8 Å². The van der Waals surface area contributed by atoms with Gasteiger partial charge < -0.3 is 39.2 Å². The first-order chi connectivity index (χ1) is 21.1. The lowest BCUT2D eigenvalue weighted by molar-refractivity contribution is -0.162. The molecule has 0 unspecified atom stereocenters. The molecule has 4 aliphatic rings. The lowest BCUT2D eigenvalue weighted by Gasteiger charge is -2.59. The molecule has 0 aromatic heterocycles. The molecule has 12 heteroatoms. The van der Waals surface area contributed by atoms with Crippen molar-refractivity contribution in [2.45, 2.75) is 115 Å². The van der Waals surface area contributed by atoms with Gasteiger partial charge in [0.1, 0.15) is 17.4 Å². The van der Waals surface area contributed by atoms with Crippen LogP contribution in [0.1, 0.15) is 84.8 Å². The third kappa shape index (κ3) is 5.96. The Hall–Kier alpha value is -3.80. The number of benzene rings is 1. The quantitative estimate of drug-likeness (QED) is 0.269. The number of phenolic OH excluding ortho intramolecular Hbond substituents is 1. The Morgan fingerprint density at radius 1 is 1.16 bits per heavy atom. The number of nitrogens with one attached hydrogen (secondary N) is 1. The third-order valence-electron chi connectivity index (χ3n) is 9.06. The normalized spacial score (nSPS) is 27.2. The number of carbonyl (C=O) groups excluding carboxylic acids is 4. The summed E-state index contributed by atoms with van der Waals surface area (Å²) in [6.07, 6.45) is 0.941. The highest BCUT2D eigenvalue weighted by molar-refractivity contribution is 5.90. The maximum absolute atomic E-state index is 13.4. The summed E-state index contributed by atoms with van der Waals surface area (Å²) in [5.41, 5.74) is -1.11. The van der Waals surface area contributed by atoms with E-state index in [-0.39, 0.29) is 36.4 Å². The molecule has 1 heterocycles. The van der Waals surface area contributed by atoms with E-state index in [2.05, 4.69) is 5.32 Å². The highest BCUT2D eigenvalue weighted by Crippen LogP contribution is 2.67. The lowest BCUT2D eigenvalue weighted by Crippen LogP contribution is -2.67. The molecule has 1 saturated carbocycles. The van der Waals surface area contributed by atoms with Crippen molar-refractivity contribution >= 4 is 24.0 Å².